The fourth-order valence-electron chi connectivity index (χ4n) is 2.66. The molecule has 132 valence electrons. The maximum atomic E-state index is 11.8. The lowest BCUT2D eigenvalue weighted by Gasteiger charge is -2.09. The largest absolute Gasteiger partial charge is 0.469 e. The van der Waals surface area contributed by atoms with Crippen LogP contribution in [0.1, 0.15) is 28.9 Å². The first-order valence-electron chi connectivity index (χ1n) is 8.21. The minimum atomic E-state index is -0.342. The molecule has 0 aliphatic rings. The van der Waals surface area contributed by atoms with Gasteiger partial charge >= 0.3 is 5.97 Å². The van der Waals surface area contributed by atoms with E-state index < -0.39 is 0 Å². The molecule has 0 radical (unpaired) electrons. The number of ether oxygens (including phenoxy) is 1. The van der Waals surface area contributed by atoms with Crippen LogP contribution in [0.15, 0.2) is 36.4 Å². The number of hydrogen-bond donors (Lipinski definition) is 1. The number of nitrogens with zero attached hydrogens (tertiary/aromatic N) is 1. The summed E-state index contributed by atoms with van der Waals surface area (Å²) in [5.74, 6) is -0.574. The van der Waals surface area contributed by atoms with Gasteiger partial charge in [-0.1, -0.05) is 17.7 Å². The highest BCUT2D eigenvalue weighted by Gasteiger charge is 2.09. The molecule has 0 aliphatic heterocycles. The summed E-state index contributed by atoms with van der Waals surface area (Å²) in [5.41, 5.74) is 5.48. The number of methoxy groups -OCH3 is 1. The van der Waals surface area contributed by atoms with Crippen molar-refractivity contribution in [3.8, 4) is 5.69 Å². The number of carbonyl (C=O) groups excluding carboxylic acids is 2. The van der Waals surface area contributed by atoms with Crippen molar-refractivity contribution in [1.29, 1.82) is 0 Å². The Kier molecular flexibility index (Phi) is 6.17. The maximum absolute atomic E-state index is 11.8. The predicted molar refractivity (Wildman–Crippen MR) is 98.7 cm³/mol. The van der Waals surface area contributed by atoms with Crippen LogP contribution in [0.4, 0.5) is 0 Å². The summed E-state index contributed by atoms with van der Waals surface area (Å²) in [4.78, 5) is 22.9. The number of amides is 1. The summed E-state index contributed by atoms with van der Waals surface area (Å²) in [6, 6.07) is 10.4. The smallest absolute Gasteiger partial charge is 0.307 e. The molecule has 0 bridgehead atoms. The molecule has 0 fully saturated rings. The maximum Gasteiger partial charge on any atom is 0.307 e. The van der Waals surface area contributed by atoms with E-state index in [4.69, 9.17) is 0 Å². The summed E-state index contributed by atoms with van der Waals surface area (Å²) in [5, 5.41) is 2.66. The summed E-state index contributed by atoms with van der Waals surface area (Å²) in [6.45, 7) is 6.40. The van der Waals surface area contributed by atoms with Crippen molar-refractivity contribution in [1.82, 2.24) is 9.88 Å². The van der Waals surface area contributed by atoms with E-state index in [2.05, 4.69) is 45.8 Å². The van der Waals surface area contributed by atoms with Gasteiger partial charge < -0.3 is 14.6 Å². The normalized spacial score (nSPS) is 10.9. The van der Waals surface area contributed by atoms with Crippen LogP contribution in [0.5, 0.6) is 0 Å². The number of rotatable bonds is 6. The molecule has 1 aromatic heterocycles. The van der Waals surface area contributed by atoms with E-state index in [9.17, 15) is 9.59 Å². The van der Waals surface area contributed by atoms with Crippen LogP contribution >= 0.6 is 0 Å². The van der Waals surface area contributed by atoms with Crippen molar-refractivity contribution in [2.45, 2.75) is 27.2 Å². The predicted octanol–water partition coefficient (Wildman–Crippen LogP) is 3.10. The molecule has 0 unspecified atom stereocenters. The van der Waals surface area contributed by atoms with Crippen LogP contribution in [0.25, 0.3) is 11.8 Å². The average Bonchev–Trinajstić information content (AvgIpc) is 2.87. The topological polar surface area (TPSA) is 60.3 Å². The second-order valence-corrected chi connectivity index (χ2v) is 5.95. The number of aryl methyl sites for hydroxylation is 2. The van der Waals surface area contributed by atoms with Gasteiger partial charge in [0, 0.05) is 29.7 Å². The summed E-state index contributed by atoms with van der Waals surface area (Å²) < 4.78 is 6.69. The van der Waals surface area contributed by atoms with Crippen molar-refractivity contribution in [3.63, 3.8) is 0 Å². The number of esters is 1. The standard InChI is InChI=1S/C20H24N2O3/c1-14-5-8-18(9-6-14)22-15(2)13-17(16(22)3)7-10-19(23)21-12-11-20(24)25-4/h5-10,13H,11-12H2,1-4H3,(H,21,23). The molecular weight excluding hydrogens is 316 g/mol. The van der Waals surface area contributed by atoms with Crippen molar-refractivity contribution >= 4 is 18.0 Å². The van der Waals surface area contributed by atoms with Crippen molar-refractivity contribution in [2.24, 2.45) is 0 Å². The van der Waals surface area contributed by atoms with Crippen LogP contribution in [0, 0.1) is 20.8 Å². The highest BCUT2D eigenvalue weighted by Crippen LogP contribution is 2.22. The minimum Gasteiger partial charge on any atom is -0.469 e. The van der Waals surface area contributed by atoms with E-state index in [1.54, 1.807) is 6.08 Å². The quantitative estimate of drug-likeness (QED) is 0.649. The zero-order valence-electron chi connectivity index (χ0n) is 15.1. The van der Waals surface area contributed by atoms with E-state index in [-0.39, 0.29) is 24.8 Å². The lowest BCUT2D eigenvalue weighted by Crippen LogP contribution is -2.24. The van der Waals surface area contributed by atoms with Gasteiger partial charge in [-0.15, -0.1) is 0 Å². The van der Waals surface area contributed by atoms with Crippen molar-refractivity contribution in [2.75, 3.05) is 13.7 Å². The highest BCUT2D eigenvalue weighted by atomic mass is 16.5. The number of nitrogens with one attached hydrogen (secondary N) is 1. The monoisotopic (exact) mass is 340 g/mol. The number of carbonyl (C=O) groups is 2. The number of benzene rings is 1. The molecule has 0 saturated carbocycles. The fraction of sp³-hybridized carbons (Fsp3) is 0.300. The zero-order valence-corrected chi connectivity index (χ0v) is 15.1. The van der Waals surface area contributed by atoms with Gasteiger partial charge in [-0.2, -0.15) is 0 Å². The third-order valence-corrected chi connectivity index (χ3v) is 4.03. The first-order valence-corrected chi connectivity index (χ1v) is 8.21. The summed E-state index contributed by atoms with van der Waals surface area (Å²) in [6.07, 6.45) is 3.44. The lowest BCUT2D eigenvalue weighted by molar-refractivity contribution is -0.140. The molecule has 25 heavy (non-hydrogen) atoms. The van der Waals surface area contributed by atoms with Gasteiger partial charge in [0.25, 0.3) is 0 Å². The Morgan fingerprint density at radius 3 is 2.48 bits per heavy atom. The van der Waals surface area contributed by atoms with Crippen molar-refractivity contribution < 1.29 is 14.3 Å². The molecule has 1 heterocycles. The third kappa shape index (κ3) is 4.83. The van der Waals surface area contributed by atoms with E-state index in [1.165, 1.54) is 18.7 Å². The van der Waals surface area contributed by atoms with Crippen LogP contribution < -0.4 is 5.32 Å². The van der Waals surface area contributed by atoms with Gasteiger partial charge in [-0.25, -0.2) is 0 Å². The Morgan fingerprint density at radius 2 is 1.84 bits per heavy atom. The highest BCUT2D eigenvalue weighted by molar-refractivity contribution is 5.92. The van der Waals surface area contributed by atoms with E-state index in [1.807, 2.05) is 19.9 Å². The molecule has 0 saturated heterocycles. The Morgan fingerprint density at radius 1 is 1.16 bits per heavy atom. The Bertz CT molecular complexity index is 786. The molecule has 1 N–H and O–H groups in total. The van der Waals surface area contributed by atoms with Crippen LogP contribution in [-0.4, -0.2) is 30.1 Å². The third-order valence-electron chi connectivity index (χ3n) is 4.03. The Labute approximate surface area is 148 Å². The SMILES string of the molecule is COC(=O)CCNC(=O)C=Cc1cc(C)n(-c2ccc(C)cc2)c1C. The van der Waals surface area contributed by atoms with Gasteiger partial charge in [0.15, 0.2) is 0 Å². The molecule has 2 aromatic rings. The van der Waals surface area contributed by atoms with E-state index in [0.717, 1.165) is 22.6 Å². The van der Waals surface area contributed by atoms with Gasteiger partial charge in [0.05, 0.1) is 13.5 Å². The zero-order chi connectivity index (χ0) is 18.4. The fourth-order valence-corrected chi connectivity index (χ4v) is 2.66. The second kappa shape index (κ2) is 8.33. The number of hydrogen-bond acceptors (Lipinski definition) is 3. The Hall–Kier alpha value is -2.82. The van der Waals surface area contributed by atoms with Crippen LogP contribution in [0.2, 0.25) is 0 Å². The van der Waals surface area contributed by atoms with Gasteiger partial charge in [0.1, 0.15) is 0 Å². The molecule has 2 rings (SSSR count). The molecule has 0 spiro atoms. The van der Waals surface area contributed by atoms with E-state index in [0.29, 0.717) is 0 Å². The minimum absolute atomic E-state index is 0.165. The second-order valence-electron chi connectivity index (χ2n) is 5.95. The molecule has 0 atom stereocenters. The van der Waals surface area contributed by atoms with Gasteiger partial charge in [0.2, 0.25) is 5.91 Å². The van der Waals surface area contributed by atoms with Crippen molar-refractivity contribution in [3.05, 3.63) is 58.9 Å². The lowest BCUT2D eigenvalue weighted by atomic mass is 10.2. The summed E-state index contributed by atoms with van der Waals surface area (Å²) in [7, 11) is 1.33. The van der Waals surface area contributed by atoms with Gasteiger partial charge in [-0.3, -0.25) is 9.59 Å². The average molecular weight is 340 g/mol. The summed E-state index contributed by atoms with van der Waals surface area (Å²) >= 11 is 0. The first-order chi connectivity index (χ1) is 11.9. The molecular formula is C20H24N2O3. The first kappa shape index (κ1) is 18.5. The molecule has 5 heteroatoms. The molecule has 5 nitrogen and oxygen atoms in total. The molecule has 1 amide bonds. The number of aromatic nitrogens is 1. The Balaban J connectivity index is 2.08. The molecule has 1 aromatic carbocycles. The molecule has 0 aliphatic carbocycles. The van der Waals surface area contributed by atoms with Crippen LogP contribution in [0.3, 0.4) is 0 Å². The van der Waals surface area contributed by atoms with Crippen LogP contribution in [-0.2, 0) is 14.3 Å². The van der Waals surface area contributed by atoms with E-state index >= 15 is 0 Å². The van der Waals surface area contributed by atoms with Gasteiger partial charge in [-0.05, 0) is 50.6 Å².